The van der Waals surface area contributed by atoms with Gasteiger partial charge in [0.2, 0.25) is 10.0 Å². The molecule has 1 aromatic rings. The van der Waals surface area contributed by atoms with Gasteiger partial charge in [-0.1, -0.05) is 6.07 Å². The quantitative estimate of drug-likeness (QED) is 0.856. The molecule has 0 aliphatic carbocycles. The Morgan fingerprint density at radius 1 is 1.50 bits per heavy atom. The monoisotopic (exact) mass is 301 g/mol. The number of nitrogens with one attached hydrogen (secondary N) is 1. The predicted octanol–water partition coefficient (Wildman–Crippen LogP) is 0.657. The van der Waals surface area contributed by atoms with Gasteiger partial charge in [-0.15, -0.1) is 0 Å². The number of hydrogen-bond donors (Lipinski definition) is 2. The van der Waals surface area contributed by atoms with Crippen LogP contribution in [0.2, 0.25) is 0 Å². The number of likely N-dealkylation sites (tertiary alicyclic amines) is 1. The van der Waals surface area contributed by atoms with Crippen LogP contribution in [0.15, 0.2) is 23.1 Å². The Labute approximate surface area is 119 Å². The molecular weight excluding hydrogens is 281 g/mol. The number of sulfonamides is 1. The Bertz CT molecular complexity index is 577. The molecule has 0 amide bonds. The molecule has 3 N–H and O–H groups in total. The van der Waals surface area contributed by atoms with Crippen molar-refractivity contribution in [3.63, 3.8) is 0 Å². The van der Waals surface area contributed by atoms with Gasteiger partial charge in [-0.25, -0.2) is 17.5 Å². The fraction of sp³-hybridized carbons (Fsp3) is 0.538. The van der Waals surface area contributed by atoms with Gasteiger partial charge in [-0.05, 0) is 44.1 Å². The summed E-state index contributed by atoms with van der Waals surface area (Å²) in [5.41, 5.74) is 5.95. The van der Waals surface area contributed by atoms with Crippen LogP contribution in [0, 0.1) is 5.82 Å². The molecule has 2 rings (SSSR count). The van der Waals surface area contributed by atoms with Crippen LogP contribution in [-0.2, 0) is 16.6 Å². The number of halogens is 1. The number of piperidine rings is 1. The Kier molecular flexibility index (Phi) is 4.74. The first-order valence-corrected chi connectivity index (χ1v) is 8.10. The van der Waals surface area contributed by atoms with Crippen molar-refractivity contribution >= 4 is 10.0 Å². The second kappa shape index (κ2) is 6.17. The van der Waals surface area contributed by atoms with E-state index in [0.29, 0.717) is 12.1 Å². The molecule has 0 saturated carbocycles. The van der Waals surface area contributed by atoms with Crippen LogP contribution in [0.4, 0.5) is 4.39 Å². The molecule has 0 bridgehead atoms. The van der Waals surface area contributed by atoms with E-state index >= 15 is 0 Å². The van der Waals surface area contributed by atoms with E-state index in [1.165, 1.54) is 12.1 Å². The minimum absolute atomic E-state index is 0.0566. The molecule has 1 aromatic carbocycles. The van der Waals surface area contributed by atoms with Crippen molar-refractivity contribution in [2.75, 3.05) is 20.1 Å². The molecule has 1 unspecified atom stereocenters. The van der Waals surface area contributed by atoms with Gasteiger partial charge in [0.25, 0.3) is 0 Å². The third-order valence-electron chi connectivity index (χ3n) is 3.48. The summed E-state index contributed by atoms with van der Waals surface area (Å²) in [6, 6.07) is 3.51. The van der Waals surface area contributed by atoms with E-state index < -0.39 is 15.8 Å². The summed E-state index contributed by atoms with van der Waals surface area (Å²) in [5.74, 6) is -0.580. The zero-order chi connectivity index (χ0) is 14.8. The first-order valence-electron chi connectivity index (χ1n) is 6.62. The maximum Gasteiger partial charge on any atom is 0.241 e. The van der Waals surface area contributed by atoms with Crippen LogP contribution < -0.4 is 10.5 Å². The van der Waals surface area contributed by atoms with Gasteiger partial charge in [0, 0.05) is 19.1 Å². The average Bonchev–Trinajstić information content (AvgIpc) is 2.38. The van der Waals surface area contributed by atoms with Gasteiger partial charge in [0.1, 0.15) is 5.82 Å². The highest BCUT2D eigenvalue weighted by atomic mass is 32.2. The summed E-state index contributed by atoms with van der Waals surface area (Å²) in [5, 5.41) is 0. The lowest BCUT2D eigenvalue weighted by Gasteiger charge is -2.30. The molecule has 1 heterocycles. The summed E-state index contributed by atoms with van der Waals surface area (Å²) in [6.07, 6.45) is 1.73. The highest BCUT2D eigenvalue weighted by Gasteiger charge is 2.25. The minimum atomic E-state index is -3.75. The number of likely N-dealkylation sites (N-methyl/N-ethyl adjacent to an activating group) is 1. The Morgan fingerprint density at radius 2 is 2.25 bits per heavy atom. The number of rotatable bonds is 4. The smallest absolute Gasteiger partial charge is 0.241 e. The van der Waals surface area contributed by atoms with E-state index in [1.807, 2.05) is 7.05 Å². The predicted molar refractivity (Wildman–Crippen MR) is 75.1 cm³/mol. The Hall–Kier alpha value is -1.02. The third-order valence-corrected chi connectivity index (χ3v) is 5.09. The highest BCUT2D eigenvalue weighted by molar-refractivity contribution is 7.89. The number of hydrogen-bond acceptors (Lipinski definition) is 4. The first-order chi connectivity index (χ1) is 9.42. The summed E-state index contributed by atoms with van der Waals surface area (Å²) < 4.78 is 40.7. The van der Waals surface area contributed by atoms with Crippen LogP contribution in [0.25, 0.3) is 0 Å². The molecule has 1 atom stereocenters. The van der Waals surface area contributed by atoms with E-state index in [4.69, 9.17) is 5.73 Å². The van der Waals surface area contributed by atoms with Crippen LogP contribution in [0.5, 0.6) is 0 Å². The molecule has 1 saturated heterocycles. The molecule has 1 aliphatic heterocycles. The number of nitrogens with zero attached hydrogens (tertiary/aromatic N) is 1. The molecular formula is C13H20FN3O2S. The third kappa shape index (κ3) is 3.54. The van der Waals surface area contributed by atoms with E-state index in [9.17, 15) is 12.8 Å². The summed E-state index contributed by atoms with van der Waals surface area (Å²) in [4.78, 5) is 2.01. The largest absolute Gasteiger partial charge is 0.326 e. The van der Waals surface area contributed by atoms with E-state index in [-0.39, 0.29) is 17.5 Å². The van der Waals surface area contributed by atoms with Gasteiger partial charge in [0.05, 0.1) is 4.90 Å². The van der Waals surface area contributed by atoms with E-state index in [1.54, 1.807) is 0 Å². The molecule has 0 aromatic heterocycles. The zero-order valence-electron chi connectivity index (χ0n) is 11.5. The average molecular weight is 301 g/mol. The molecule has 5 nitrogen and oxygen atoms in total. The number of nitrogens with two attached hydrogens (primary N) is 1. The van der Waals surface area contributed by atoms with Crippen molar-refractivity contribution in [3.05, 3.63) is 29.6 Å². The lowest BCUT2D eigenvalue weighted by atomic mass is 10.1. The minimum Gasteiger partial charge on any atom is -0.326 e. The van der Waals surface area contributed by atoms with Crippen LogP contribution in [-0.4, -0.2) is 39.5 Å². The first kappa shape index (κ1) is 15.4. The van der Waals surface area contributed by atoms with Crippen LogP contribution in [0.1, 0.15) is 18.4 Å². The second-order valence-electron chi connectivity index (χ2n) is 5.18. The summed E-state index contributed by atoms with van der Waals surface area (Å²) in [6.45, 7) is 1.68. The van der Waals surface area contributed by atoms with Crippen molar-refractivity contribution in [1.82, 2.24) is 9.62 Å². The van der Waals surface area contributed by atoms with Gasteiger partial charge in [-0.3, -0.25) is 0 Å². The van der Waals surface area contributed by atoms with Crippen molar-refractivity contribution in [2.45, 2.75) is 30.3 Å². The summed E-state index contributed by atoms with van der Waals surface area (Å²) >= 11 is 0. The SMILES string of the molecule is CN1CCCC(NS(=O)(=O)c2cc(F)ccc2CN)C1. The van der Waals surface area contributed by atoms with Gasteiger partial charge in [0.15, 0.2) is 0 Å². The van der Waals surface area contributed by atoms with Crippen molar-refractivity contribution in [1.29, 1.82) is 0 Å². The van der Waals surface area contributed by atoms with E-state index in [0.717, 1.165) is 25.5 Å². The van der Waals surface area contributed by atoms with Crippen molar-refractivity contribution in [3.8, 4) is 0 Å². The fourth-order valence-corrected chi connectivity index (χ4v) is 4.02. The van der Waals surface area contributed by atoms with Crippen LogP contribution >= 0.6 is 0 Å². The van der Waals surface area contributed by atoms with Crippen molar-refractivity contribution in [2.24, 2.45) is 5.73 Å². The molecule has 1 fully saturated rings. The maximum absolute atomic E-state index is 13.3. The molecule has 0 radical (unpaired) electrons. The molecule has 0 spiro atoms. The van der Waals surface area contributed by atoms with Crippen LogP contribution in [0.3, 0.4) is 0 Å². The lowest BCUT2D eigenvalue weighted by molar-refractivity contribution is 0.242. The second-order valence-corrected chi connectivity index (χ2v) is 6.86. The van der Waals surface area contributed by atoms with E-state index in [2.05, 4.69) is 9.62 Å². The standard InChI is InChI=1S/C13H20FN3O2S/c1-17-6-2-3-12(9-17)16-20(18,19)13-7-11(14)5-4-10(13)8-15/h4-5,7,12,16H,2-3,6,8-9,15H2,1H3. The Balaban J connectivity index is 2.24. The van der Waals surface area contributed by atoms with Gasteiger partial charge >= 0.3 is 0 Å². The lowest BCUT2D eigenvalue weighted by Crippen LogP contribution is -2.46. The highest BCUT2D eigenvalue weighted by Crippen LogP contribution is 2.19. The van der Waals surface area contributed by atoms with Crippen molar-refractivity contribution < 1.29 is 12.8 Å². The van der Waals surface area contributed by atoms with Gasteiger partial charge < -0.3 is 10.6 Å². The topological polar surface area (TPSA) is 75.4 Å². The fourth-order valence-electron chi connectivity index (χ4n) is 2.49. The molecule has 7 heteroatoms. The number of benzene rings is 1. The molecule has 112 valence electrons. The maximum atomic E-state index is 13.3. The normalized spacial score (nSPS) is 21.1. The van der Waals surface area contributed by atoms with Gasteiger partial charge in [-0.2, -0.15) is 0 Å². The molecule has 20 heavy (non-hydrogen) atoms. The zero-order valence-corrected chi connectivity index (χ0v) is 12.3. The summed E-state index contributed by atoms with van der Waals surface area (Å²) in [7, 11) is -1.79. The Morgan fingerprint density at radius 3 is 2.90 bits per heavy atom. The molecule has 1 aliphatic rings.